The molecule has 0 bridgehead atoms. The molecule has 0 aliphatic rings. The van der Waals surface area contributed by atoms with E-state index >= 15 is 0 Å². The summed E-state index contributed by atoms with van der Waals surface area (Å²) in [6.07, 6.45) is 0.988. The lowest BCUT2D eigenvalue weighted by Crippen LogP contribution is -2.25. The summed E-state index contributed by atoms with van der Waals surface area (Å²) < 4.78 is 20.3. The number of benzene rings is 2. The van der Waals surface area contributed by atoms with Gasteiger partial charge < -0.3 is 15.8 Å². The van der Waals surface area contributed by atoms with E-state index in [0.717, 1.165) is 11.3 Å². The first-order valence-electron chi connectivity index (χ1n) is 10.9. The predicted octanol–water partition coefficient (Wildman–Crippen LogP) is 4.17. The topological polar surface area (TPSA) is 119 Å². The molecule has 1 amide bonds. The predicted molar refractivity (Wildman–Crippen MR) is 131 cm³/mol. The van der Waals surface area contributed by atoms with Gasteiger partial charge in [-0.05, 0) is 56.2 Å². The molecule has 178 valence electrons. The molecule has 10 heteroatoms. The van der Waals surface area contributed by atoms with E-state index in [1.807, 2.05) is 31.2 Å². The van der Waals surface area contributed by atoms with Crippen LogP contribution < -0.4 is 15.8 Å². The van der Waals surface area contributed by atoms with Crippen LogP contribution in [-0.4, -0.2) is 27.2 Å². The number of aromatic nitrogens is 3. The van der Waals surface area contributed by atoms with E-state index in [0.29, 0.717) is 41.5 Å². The number of ether oxygens (including phenoxy) is 1. The summed E-state index contributed by atoms with van der Waals surface area (Å²) in [4.78, 5) is 16.8. The molecule has 4 aromatic rings. The van der Waals surface area contributed by atoms with Gasteiger partial charge in [0.25, 0.3) is 5.91 Å². The van der Waals surface area contributed by atoms with Crippen molar-refractivity contribution < 1.29 is 13.9 Å². The van der Waals surface area contributed by atoms with Gasteiger partial charge in [0.05, 0.1) is 11.4 Å². The molecule has 0 fully saturated rings. The summed E-state index contributed by atoms with van der Waals surface area (Å²) in [5, 5.41) is 19.2. The Balaban J connectivity index is 1.28. The van der Waals surface area contributed by atoms with Crippen LogP contribution in [0.2, 0.25) is 0 Å². The van der Waals surface area contributed by atoms with Crippen molar-refractivity contribution in [2.75, 3.05) is 12.3 Å². The van der Waals surface area contributed by atoms with Crippen LogP contribution in [0.25, 0.3) is 5.69 Å². The number of nitrogens with one attached hydrogen (secondary N) is 1. The van der Waals surface area contributed by atoms with E-state index in [9.17, 15) is 14.4 Å². The number of aryl methyl sites for hydroxylation is 2. The summed E-state index contributed by atoms with van der Waals surface area (Å²) >= 11 is 1.36. The van der Waals surface area contributed by atoms with Gasteiger partial charge in [-0.1, -0.05) is 17.7 Å². The fourth-order valence-electron chi connectivity index (χ4n) is 3.36. The number of nitriles is 1. The number of carbonyl (C=O) groups is 1. The van der Waals surface area contributed by atoms with Crippen molar-refractivity contribution in [3.63, 3.8) is 0 Å². The molecule has 0 aliphatic heterocycles. The Morgan fingerprint density at radius 2 is 1.97 bits per heavy atom. The number of nitrogens with two attached hydrogens (primary N) is 1. The zero-order valence-corrected chi connectivity index (χ0v) is 19.8. The molecule has 3 N–H and O–H groups in total. The highest BCUT2D eigenvalue weighted by atomic mass is 32.1. The minimum atomic E-state index is -0.373. The van der Waals surface area contributed by atoms with Crippen molar-refractivity contribution >= 4 is 23.1 Å². The number of nitrogens with zero attached hydrogens (tertiary/aromatic N) is 4. The van der Waals surface area contributed by atoms with Crippen molar-refractivity contribution in [2.24, 2.45) is 0 Å². The van der Waals surface area contributed by atoms with Crippen LogP contribution in [0.4, 0.5) is 10.2 Å². The first-order chi connectivity index (χ1) is 16.9. The highest BCUT2D eigenvalue weighted by molar-refractivity contribution is 7.09. The summed E-state index contributed by atoms with van der Waals surface area (Å²) in [6.45, 7) is 2.67. The minimum absolute atomic E-state index is 0.195. The molecule has 0 atom stereocenters. The van der Waals surface area contributed by atoms with Crippen molar-refractivity contribution in [1.82, 2.24) is 20.1 Å². The standard InChI is InChI=1S/C25H23FN6O2S/c1-16-4-10-19(11-5-16)34-14-23-30-22(15-35-23)25(33)29-12-2-3-21-20(13-27)24(28)32(31-21)18-8-6-17(26)7-9-18/h4-11,15H,2-3,12,14,28H2,1H3,(H,29,33). The van der Waals surface area contributed by atoms with Gasteiger partial charge in [-0.15, -0.1) is 11.3 Å². The quantitative estimate of drug-likeness (QED) is 0.340. The molecule has 0 spiro atoms. The van der Waals surface area contributed by atoms with Crippen LogP contribution in [0.1, 0.15) is 38.7 Å². The third-order valence-corrected chi connectivity index (χ3v) is 6.04. The molecule has 0 saturated carbocycles. The van der Waals surface area contributed by atoms with Crippen LogP contribution in [0.3, 0.4) is 0 Å². The van der Waals surface area contributed by atoms with Crippen LogP contribution in [0, 0.1) is 24.1 Å². The van der Waals surface area contributed by atoms with Crippen LogP contribution in [0.5, 0.6) is 5.75 Å². The van der Waals surface area contributed by atoms with Gasteiger partial charge in [0.1, 0.15) is 46.3 Å². The molecule has 35 heavy (non-hydrogen) atoms. The molecule has 0 radical (unpaired) electrons. The number of hydrogen-bond donors (Lipinski definition) is 2. The van der Waals surface area contributed by atoms with Crippen LogP contribution in [0.15, 0.2) is 53.9 Å². The third kappa shape index (κ3) is 5.83. The fraction of sp³-hybridized carbons (Fsp3) is 0.200. The van der Waals surface area contributed by atoms with Crippen molar-refractivity contribution in [1.29, 1.82) is 5.26 Å². The molecule has 2 aromatic heterocycles. The number of amides is 1. The summed E-state index contributed by atoms with van der Waals surface area (Å²) in [5.41, 5.74) is 8.92. The lowest BCUT2D eigenvalue weighted by molar-refractivity contribution is 0.0948. The van der Waals surface area contributed by atoms with Crippen molar-refractivity contribution in [3.8, 4) is 17.5 Å². The summed E-state index contributed by atoms with van der Waals surface area (Å²) in [5.74, 6) is 0.290. The second-order valence-corrected chi connectivity index (χ2v) is 8.74. The molecule has 4 rings (SSSR count). The monoisotopic (exact) mass is 490 g/mol. The average molecular weight is 491 g/mol. The molecule has 2 heterocycles. The zero-order chi connectivity index (χ0) is 24.8. The van der Waals surface area contributed by atoms with E-state index in [-0.39, 0.29) is 29.7 Å². The Bertz CT molecular complexity index is 1360. The third-order valence-electron chi connectivity index (χ3n) is 5.22. The summed E-state index contributed by atoms with van der Waals surface area (Å²) in [6, 6.07) is 15.5. The Morgan fingerprint density at radius 3 is 2.69 bits per heavy atom. The minimum Gasteiger partial charge on any atom is -0.486 e. The number of carbonyl (C=O) groups excluding carboxylic acids is 1. The smallest absolute Gasteiger partial charge is 0.270 e. The molecule has 0 saturated heterocycles. The maximum absolute atomic E-state index is 13.2. The number of halogens is 1. The van der Waals surface area contributed by atoms with Gasteiger partial charge >= 0.3 is 0 Å². The van der Waals surface area contributed by atoms with Crippen LogP contribution >= 0.6 is 11.3 Å². The van der Waals surface area contributed by atoms with Gasteiger partial charge in [-0.3, -0.25) is 4.79 Å². The van der Waals surface area contributed by atoms with Gasteiger partial charge in [-0.2, -0.15) is 10.4 Å². The van der Waals surface area contributed by atoms with E-state index in [1.165, 1.54) is 40.3 Å². The second-order valence-electron chi connectivity index (χ2n) is 7.79. The van der Waals surface area contributed by atoms with E-state index in [2.05, 4.69) is 21.5 Å². The number of thiazole rings is 1. The molecule has 2 aromatic carbocycles. The molecular formula is C25H23FN6O2S. The lowest BCUT2D eigenvalue weighted by atomic mass is 10.1. The van der Waals surface area contributed by atoms with E-state index in [4.69, 9.17) is 10.5 Å². The Morgan fingerprint density at radius 1 is 1.23 bits per heavy atom. The maximum Gasteiger partial charge on any atom is 0.270 e. The van der Waals surface area contributed by atoms with Gasteiger partial charge in [0.2, 0.25) is 0 Å². The first kappa shape index (κ1) is 23.9. The Kier molecular flexibility index (Phi) is 7.38. The lowest BCUT2D eigenvalue weighted by Gasteiger charge is -2.04. The maximum atomic E-state index is 13.2. The van der Waals surface area contributed by atoms with Gasteiger partial charge in [0.15, 0.2) is 0 Å². The van der Waals surface area contributed by atoms with Crippen molar-refractivity contribution in [3.05, 3.63) is 87.3 Å². The summed E-state index contributed by atoms with van der Waals surface area (Å²) in [7, 11) is 0. The molecule has 8 nitrogen and oxygen atoms in total. The SMILES string of the molecule is Cc1ccc(OCc2nc(C(=O)NCCCc3nn(-c4ccc(F)cc4)c(N)c3C#N)cs2)cc1. The van der Waals surface area contributed by atoms with Crippen LogP contribution in [-0.2, 0) is 13.0 Å². The normalized spacial score (nSPS) is 10.7. The van der Waals surface area contributed by atoms with Gasteiger partial charge in [-0.25, -0.2) is 14.1 Å². The number of hydrogen-bond acceptors (Lipinski definition) is 7. The van der Waals surface area contributed by atoms with Crippen molar-refractivity contribution in [2.45, 2.75) is 26.4 Å². The van der Waals surface area contributed by atoms with E-state index < -0.39 is 0 Å². The Hall–Kier alpha value is -4.23. The van der Waals surface area contributed by atoms with E-state index in [1.54, 1.807) is 5.38 Å². The highest BCUT2D eigenvalue weighted by Crippen LogP contribution is 2.22. The Labute approximate surface area is 205 Å². The molecule has 0 aliphatic carbocycles. The number of rotatable bonds is 9. The highest BCUT2D eigenvalue weighted by Gasteiger charge is 2.17. The molecular weight excluding hydrogens is 467 g/mol. The zero-order valence-electron chi connectivity index (χ0n) is 19.0. The first-order valence-corrected chi connectivity index (χ1v) is 11.8. The number of anilines is 1. The van der Waals surface area contributed by atoms with Gasteiger partial charge in [0, 0.05) is 11.9 Å². The average Bonchev–Trinajstić information content (AvgIpc) is 3.46. The molecule has 0 unspecified atom stereocenters. The number of nitrogen functional groups attached to an aromatic ring is 1. The largest absolute Gasteiger partial charge is 0.486 e. The second kappa shape index (κ2) is 10.8. The fourth-order valence-corrected chi connectivity index (χ4v) is 4.05.